The molecule has 0 spiro atoms. The number of carbonyl (C=O) groups is 1. The highest BCUT2D eigenvalue weighted by Crippen LogP contribution is 2.26. The molecule has 1 atom stereocenters. The van der Waals surface area contributed by atoms with Gasteiger partial charge in [0.15, 0.2) is 9.84 Å². The minimum atomic E-state index is -3.07. The Morgan fingerprint density at radius 2 is 2.04 bits per heavy atom. The molecule has 1 aliphatic heterocycles. The molecule has 1 aromatic carbocycles. The molecule has 134 valence electrons. The average molecular weight is 365 g/mol. The number of nitrogens with one attached hydrogen (secondary N) is 1. The van der Waals surface area contributed by atoms with Crippen molar-refractivity contribution in [1.29, 1.82) is 0 Å². The largest absolute Gasteiger partial charge is 0.461 e. The Balaban J connectivity index is 1.58. The van der Waals surface area contributed by atoms with Crippen molar-refractivity contribution in [2.24, 2.45) is 0 Å². The van der Waals surface area contributed by atoms with Gasteiger partial charge in [0.2, 0.25) is 5.91 Å². The normalized spacial score (nSPS) is 22.0. The van der Waals surface area contributed by atoms with Gasteiger partial charge >= 0.3 is 0 Å². The van der Waals surface area contributed by atoms with E-state index in [0.717, 1.165) is 0 Å². The average Bonchev–Trinajstić information content (AvgIpc) is 3.10. The van der Waals surface area contributed by atoms with E-state index >= 15 is 0 Å². The lowest BCUT2D eigenvalue weighted by Gasteiger charge is -2.23. The third kappa shape index (κ3) is 4.28. The van der Waals surface area contributed by atoms with Crippen molar-refractivity contribution >= 4 is 15.7 Å². The van der Waals surface area contributed by atoms with Crippen molar-refractivity contribution in [2.45, 2.75) is 31.7 Å². The number of benzene rings is 1. The molecule has 0 aliphatic carbocycles. The summed E-state index contributed by atoms with van der Waals surface area (Å²) in [6.45, 7) is 1.75. The van der Waals surface area contributed by atoms with Crippen LogP contribution in [0.25, 0.3) is 11.3 Å². The van der Waals surface area contributed by atoms with E-state index in [9.17, 15) is 17.6 Å². The quantitative estimate of drug-likeness (QED) is 0.884. The number of amides is 1. The Morgan fingerprint density at radius 1 is 1.28 bits per heavy atom. The Bertz CT molecular complexity index is 890. The molecule has 1 aliphatic rings. The molecule has 0 bridgehead atoms. The summed E-state index contributed by atoms with van der Waals surface area (Å²) in [6.07, 6.45) is 0.974. The van der Waals surface area contributed by atoms with Gasteiger partial charge in [0.1, 0.15) is 17.3 Å². The highest BCUT2D eigenvalue weighted by molar-refractivity contribution is 7.91. The smallest absolute Gasteiger partial charge is 0.220 e. The third-order valence-corrected chi connectivity index (χ3v) is 6.25. The first-order valence-electron chi connectivity index (χ1n) is 8.11. The number of carbonyl (C=O) groups excluding carboxylic acids is 1. The second-order valence-electron chi connectivity index (χ2n) is 6.70. The SMILES string of the molecule is CC1(NC(=O)CCc2ccc(-c3ccccc3F)o2)CCS(=O)(=O)C1. The van der Waals surface area contributed by atoms with Gasteiger partial charge in [0, 0.05) is 12.8 Å². The number of hydrogen-bond acceptors (Lipinski definition) is 4. The van der Waals surface area contributed by atoms with Crippen molar-refractivity contribution in [2.75, 3.05) is 11.5 Å². The van der Waals surface area contributed by atoms with Gasteiger partial charge in [-0.25, -0.2) is 12.8 Å². The molecule has 1 saturated heterocycles. The molecule has 0 saturated carbocycles. The molecule has 1 aromatic heterocycles. The van der Waals surface area contributed by atoms with Gasteiger partial charge in [0.05, 0.1) is 22.6 Å². The summed E-state index contributed by atoms with van der Waals surface area (Å²) in [5, 5.41) is 2.81. The van der Waals surface area contributed by atoms with E-state index in [1.54, 1.807) is 37.3 Å². The molecular weight excluding hydrogens is 345 g/mol. The van der Waals surface area contributed by atoms with Gasteiger partial charge in [-0.05, 0) is 37.6 Å². The van der Waals surface area contributed by atoms with Gasteiger partial charge in [-0.2, -0.15) is 0 Å². The Morgan fingerprint density at radius 3 is 2.72 bits per heavy atom. The second-order valence-corrected chi connectivity index (χ2v) is 8.88. The van der Waals surface area contributed by atoms with Crippen LogP contribution in [0.1, 0.15) is 25.5 Å². The van der Waals surface area contributed by atoms with Crippen molar-refractivity contribution in [3.63, 3.8) is 0 Å². The van der Waals surface area contributed by atoms with Crippen LogP contribution in [0.5, 0.6) is 0 Å². The number of hydrogen-bond donors (Lipinski definition) is 1. The van der Waals surface area contributed by atoms with E-state index in [2.05, 4.69) is 5.32 Å². The molecule has 7 heteroatoms. The molecule has 2 aromatic rings. The van der Waals surface area contributed by atoms with Crippen LogP contribution in [0.4, 0.5) is 4.39 Å². The Hall–Kier alpha value is -2.15. The highest BCUT2D eigenvalue weighted by Gasteiger charge is 2.39. The van der Waals surface area contributed by atoms with E-state index in [1.165, 1.54) is 6.07 Å². The molecule has 2 heterocycles. The Labute approximate surface area is 146 Å². The van der Waals surface area contributed by atoms with Crippen LogP contribution >= 0.6 is 0 Å². The van der Waals surface area contributed by atoms with E-state index in [4.69, 9.17) is 4.42 Å². The second kappa shape index (κ2) is 6.63. The van der Waals surface area contributed by atoms with Gasteiger partial charge < -0.3 is 9.73 Å². The predicted octanol–water partition coefficient (Wildman–Crippen LogP) is 2.71. The van der Waals surface area contributed by atoms with Crippen LogP contribution in [0.3, 0.4) is 0 Å². The van der Waals surface area contributed by atoms with Crippen LogP contribution in [0.2, 0.25) is 0 Å². The van der Waals surface area contributed by atoms with E-state index < -0.39 is 15.4 Å². The maximum absolute atomic E-state index is 13.8. The van der Waals surface area contributed by atoms with Crippen molar-refractivity contribution in [3.05, 3.63) is 48.0 Å². The van der Waals surface area contributed by atoms with Crippen LogP contribution in [-0.4, -0.2) is 31.4 Å². The summed E-state index contributed by atoms with van der Waals surface area (Å²) in [6, 6.07) is 9.72. The van der Waals surface area contributed by atoms with Crippen LogP contribution < -0.4 is 5.32 Å². The molecular formula is C18H20FNO4S. The lowest BCUT2D eigenvalue weighted by Crippen LogP contribution is -2.46. The zero-order chi connectivity index (χ0) is 18.1. The van der Waals surface area contributed by atoms with Gasteiger partial charge in [-0.1, -0.05) is 12.1 Å². The first-order valence-corrected chi connectivity index (χ1v) is 9.94. The molecule has 5 nitrogen and oxygen atoms in total. The van der Waals surface area contributed by atoms with Gasteiger partial charge in [0.25, 0.3) is 0 Å². The standard InChI is InChI=1S/C18H20FNO4S/c1-18(10-11-25(22,23)12-18)20-17(21)9-7-13-6-8-16(24-13)14-4-2-3-5-15(14)19/h2-6,8H,7,9-12H2,1H3,(H,20,21). The van der Waals surface area contributed by atoms with Crippen LogP contribution in [-0.2, 0) is 21.1 Å². The number of aryl methyl sites for hydroxylation is 1. The summed E-state index contributed by atoms with van der Waals surface area (Å²) in [4.78, 5) is 12.1. The fraction of sp³-hybridized carbons (Fsp3) is 0.389. The zero-order valence-electron chi connectivity index (χ0n) is 13.9. The number of furan rings is 1. The summed E-state index contributed by atoms with van der Waals surface area (Å²) in [7, 11) is -3.07. The fourth-order valence-electron chi connectivity index (χ4n) is 3.06. The molecule has 25 heavy (non-hydrogen) atoms. The molecule has 3 rings (SSSR count). The number of sulfone groups is 1. The van der Waals surface area contributed by atoms with Crippen molar-refractivity contribution in [3.8, 4) is 11.3 Å². The first kappa shape index (κ1) is 17.7. The predicted molar refractivity (Wildman–Crippen MR) is 92.2 cm³/mol. The molecule has 1 fully saturated rings. The lowest BCUT2D eigenvalue weighted by molar-refractivity contribution is -0.122. The zero-order valence-corrected chi connectivity index (χ0v) is 14.7. The topological polar surface area (TPSA) is 76.4 Å². The Kier molecular flexibility index (Phi) is 4.69. The number of rotatable bonds is 5. The van der Waals surface area contributed by atoms with E-state index in [-0.39, 0.29) is 29.7 Å². The fourth-order valence-corrected chi connectivity index (χ4v) is 5.16. The molecule has 1 N–H and O–H groups in total. The van der Waals surface area contributed by atoms with Crippen LogP contribution in [0, 0.1) is 5.82 Å². The minimum absolute atomic E-state index is 0.0239. The van der Waals surface area contributed by atoms with Crippen LogP contribution in [0.15, 0.2) is 40.8 Å². The molecule has 1 amide bonds. The minimum Gasteiger partial charge on any atom is -0.461 e. The maximum atomic E-state index is 13.8. The monoisotopic (exact) mass is 365 g/mol. The van der Waals surface area contributed by atoms with Gasteiger partial charge in [-0.15, -0.1) is 0 Å². The summed E-state index contributed by atoms with van der Waals surface area (Å²) >= 11 is 0. The lowest BCUT2D eigenvalue weighted by atomic mass is 10.0. The van der Waals surface area contributed by atoms with E-state index in [1.807, 2.05) is 0 Å². The summed E-state index contributed by atoms with van der Waals surface area (Å²) in [5.41, 5.74) is -0.320. The maximum Gasteiger partial charge on any atom is 0.220 e. The third-order valence-electron chi connectivity index (χ3n) is 4.34. The molecule has 1 unspecified atom stereocenters. The van der Waals surface area contributed by atoms with Crippen molar-refractivity contribution in [1.82, 2.24) is 5.32 Å². The summed E-state index contributed by atoms with van der Waals surface area (Å²) < 4.78 is 42.5. The van der Waals surface area contributed by atoms with Crippen molar-refractivity contribution < 1.29 is 22.0 Å². The number of halogens is 1. The highest BCUT2D eigenvalue weighted by atomic mass is 32.2. The van der Waals surface area contributed by atoms with E-state index in [0.29, 0.717) is 29.9 Å². The van der Waals surface area contributed by atoms with Gasteiger partial charge in [-0.3, -0.25) is 4.79 Å². The molecule has 0 radical (unpaired) electrons. The first-order chi connectivity index (χ1) is 11.8. The summed E-state index contributed by atoms with van der Waals surface area (Å²) in [5.74, 6) is 0.498.